The highest BCUT2D eigenvalue weighted by molar-refractivity contribution is 5.25. The zero-order valence-corrected chi connectivity index (χ0v) is 11.5. The summed E-state index contributed by atoms with van der Waals surface area (Å²) in [6.45, 7) is 4.82. The molecular weight excluding hydrogens is 236 g/mol. The van der Waals surface area contributed by atoms with Crippen LogP contribution >= 0.6 is 0 Å². The molecule has 0 aliphatic heterocycles. The maximum absolute atomic E-state index is 5.10. The van der Waals surface area contributed by atoms with Crippen LogP contribution in [0.4, 0.5) is 0 Å². The third kappa shape index (κ3) is 3.04. The number of nitrogens with one attached hydrogen (secondary N) is 1. The number of nitrogens with zero attached hydrogens (tertiary/aromatic N) is 1. The minimum atomic E-state index is 0.442. The van der Waals surface area contributed by atoms with Crippen molar-refractivity contribution in [3.8, 4) is 0 Å². The van der Waals surface area contributed by atoms with Crippen LogP contribution in [0.25, 0.3) is 0 Å². The molecule has 1 N–H and O–H groups in total. The van der Waals surface area contributed by atoms with Crippen LogP contribution in [0.1, 0.15) is 41.5 Å². The van der Waals surface area contributed by atoms with E-state index in [1.165, 1.54) is 24.0 Å². The standard InChI is InChI=1S/C16H20N2O/c1-11-3-5-13(6-4-11)16(14-7-8-14)17-10-15-9-12(2)19-18-15/h3-6,9,14,16-17H,7-8,10H2,1-2H3. The maximum Gasteiger partial charge on any atom is 0.133 e. The summed E-state index contributed by atoms with van der Waals surface area (Å²) in [6.07, 6.45) is 2.65. The normalized spacial score (nSPS) is 16.5. The third-order valence-corrected chi connectivity index (χ3v) is 3.71. The first-order valence-electron chi connectivity index (χ1n) is 6.94. The minimum Gasteiger partial charge on any atom is -0.361 e. The molecule has 3 nitrogen and oxygen atoms in total. The molecule has 0 bridgehead atoms. The molecule has 0 saturated heterocycles. The van der Waals surface area contributed by atoms with E-state index in [-0.39, 0.29) is 0 Å². The molecule has 1 unspecified atom stereocenters. The molecule has 0 spiro atoms. The van der Waals surface area contributed by atoms with E-state index in [9.17, 15) is 0 Å². The lowest BCUT2D eigenvalue weighted by atomic mass is 10.0. The zero-order chi connectivity index (χ0) is 13.2. The van der Waals surface area contributed by atoms with Gasteiger partial charge in [0.1, 0.15) is 5.76 Å². The number of hydrogen-bond acceptors (Lipinski definition) is 3. The van der Waals surface area contributed by atoms with Crippen molar-refractivity contribution in [2.75, 3.05) is 0 Å². The number of rotatable bonds is 5. The lowest BCUT2D eigenvalue weighted by molar-refractivity contribution is 0.383. The smallest absolute Gasteiger partial charge is 0.133 e. The Morgan fingerprint density at radius 1 is 1.26 bits per heavy atom. The van der Waals surface area contributed by atoms with Gasteiger partial charge in [-0.3, -0.25) is 0 Å². The summed E-state index contributed by atoms with van der Waals surface area (Å²) in [5.41, 5.74) is 3.68. The Bertz CT molecular complexity index is 540. The summed E-state index contributed by atoms with van der Waals surface area (Å²) in [4.78, 5) is 0. The summed E-state index contributed by atoms with van der Waals surface area (Å²) in [7, 11) is 0. The van der Waals surface area contributed by atoms with E-state index in [1.807, 2.05) is 13.0 Å². The second-order valence-corrected chi connectivity index (χ2v) is 5.54. The first-order chi connectivity index (χ1) is 9.22. The van der Waals surface area contributed by atoms with Gasteiger partial charge in [-0.15, -0.1) is 0 Å². The molecule has 1 aliphatic rings. The van der Waals surface area contributed by atoms with E-state index in [4.69, 9.17) is 4.52 Å². The van der Waals surface area contributed by atoms with Gasteiger partial charge >= 0.3 is 0 Å². The molecule has 100 valence electrons. The molecule has 1 atom stereocenters. The highest BCUT2D eigenvalue weighted by Gasteiger charge is 2.31. The van der Waals surface area contributed by atoms with Crippen molar-refractivity contribution in [3.63, 3.8) is 0 Å². The van der Waals surface area contributed by atoms with Crippen LogP contribution in [0.3, 0.4) is 0 Å². The molecule has 19 heavy (non-hydrogen) atoms. The molecule has 0 amide bonds. The molecule has 2 aromatic rings. The lowest BCUT2D eigenvalue weighted by Crippen LogP contribution is -2.22. The van der Waals surface area contributed by atoms with E-state index in [0.29, 0.717) is 6.04 Å². The number of aryl methyl sites for hydroxylation is 2. The molecule has 1 heterocycles. The first-order valence-corrected chi connectivity index (χ1v) is 6.94. The van der Waals surface area contributed by atoms with Crippen LogP contribution in [-0.4, -0.2) is 5.16 Å². The van der Waals surface area contributed by atoms with Gasteiger partial charge in [0, 0.05) is 18.7 Å². The lowest BCUT2D eigenvalue weighted by Gasteiger charge is -2.18. The SMILES string of the molecule is Cc1ccc(C(NCc2cc(C)on2)C2CC2)cc1. The molecule has 3 rings (SSSR count). The Morgan fingerprint density at radius 2 is 2.00 bits per heavy atom. The van der Waals surface area contributed by atoms with E-state index < -0.39 is 0 Å². The highest BCUT2D eigenvalue weighted by Crippen LogP contribution is 2.41. The van der Waals surface area contributed by atoms with Crippen molar-refractivity contribution < 1.29 is 4.52 Å². The predicted molar refractivity (Wildman–Crippen MR) is 74.7 cm³/mol. The van der Waals surface area contributed by atoms with Gasteiger partial charge in [-0.25, -0.2) is 0 Å². The fourth-order valence-corrected chi connectivity index (χ4v) is 2.48. The van der Waals surface area contributed by atoms with Gasteiger partial charge in [0.05, 0.1) is 5.69 Å². The van der Waals surface area contributed by atoms with E-state index in [2.05, 4.69) is 41.7 Å². The Labute approximate surface area is 114 Å². The number of hydrogen-bond donors (Lipinski definition) is 1. The van der Waals surface area contributed by atoms with Crippen LogP contribution < -0.4 is 5.32 Å². The average Bonchev–Trinajstić information content (AvgIpc) is 3.15. The van der Waals surface area contributed by atoms with Gasteiger partial charge in [0.2, 0.25) is 0 Å². The van der Waals surface area contributed by atoms with E-state index in [1.54, 1.807) is 0 Å². The van der Waals surface area contributed by atoms with Crippen LogP contribution in [-0.2, 0) is 6.54 Å². The Balaban J connectivity index is 1.69. The summed E-state index contributed by atoms with van der Waals surface area (Å²) in [5, 5.41) is 7.66. The Morgan fingerprint density at radius 3 is 2.58 bits per heavy atom. The zero-order valence-electron chi connectivity index (χ0n) is 11.5. The van der Waals surface area contributed by atoms with Gasteiger partial charge in [-0.2, -0.15) is 0 Å². The minimum absolute atomic E-state index is 0.442. The molecule has 1 aliphatic carbocycles. The summed E-state index contributed by atoms with van der Waals surface area (Å²) in [6, 6.07) is 11.3. The van der Waals surface area contributed by atoms with Crippen molar-refractivity contribution in [1.29, 1.82) is 0 Å². The fourth-order valence-electron chi connectivity index (χ4n) is 2.48. The van der Waals surface area contributed by atoms with Gasteiger partial charge in [0.25, 0.3) is 0 Å². The average molecular weight is 256 g/mol. The molecule has 1 aromatic heterocycles. The molecule has 1 fully saturated rings. The largest absolute Gasteiger partial charge is 0.361 e. The van der Waals surface area contributed by atoms with Crippen molar-refractivity contribution in [1.82, 2.24) is 10.5 Å². The Hall–Kier alpha value is -1.61. The second-order valence-electron chi connectivity index (χ2n) is 5.54. The highest BCUT2D eigenvalue weighted by atomic mass is 16.5. The van der Waals surface area contributed by atoms with Crippen LogP contribution in [0.15, 0.2) is 34.9 Å². The predicted octanol–water partition coefficient (Wildman–Crippen LogP) is 3.53. The van der Waals surface area contributed by atoms with Crippen molar-refractivity contribution in [2.24, 2.45) is 5.92 Å². The summed E-state index contributed by atoms with van der Waals surface area (Å²) in [5.74, 6) is 1.64. The van der Waals surface area contributed by atoms with E-state index >= 15 is 0 Å². The third-order valence-electron chi connectivity index (χ3n) is 3.71. The quantitative estimate of drug-likeness (QED) is 0.889. The number of aromatic nitrogens is 1. The molecule has 1 saturated carbocycles. The fraction of sp³-hybridized carbons (Fsp3) is 0.438. The van der Waals surface area contributed by atoms with Crippen LogP contribution in [0, 0.1) is 19.8 Å². The second kappa shape index (κ2) is 5.17. The first kappa shape index (κ1) is 12.4. The molecule has 0 radical (unpaired) electrons. The Kier molecular flexibility index (Phi) is 3.38. The number of benzene rings is 1. The van der Waals surface area contributed by atoms with Gasteiger partial charge in [0.15, 0.2) is 0 Å². The summed E-state index contributed by atoms with van der Waals surface area (Å²) < 4.78 is 5.10. The maximum atomic E-state index is 5.10. The molecule has 1 aromatic carbocycles. The summed E-state index contributed by atoms with van der Waals surface area (Å²) >= 11 is 0. The van der Waals surface area contributed by atoms with E-state index in [0.717, 1.165) is 23.9 Å². The van der Waals surface area contributed by atoms with Gasteiger partial charge in [-0.05, 0) is 38.2 Å². The van der Waals surface area contributed by atoms with Crippen LogP contribution in [0.5, 0.6) is 0 Å². The monoisotopic (exact) mass is 256 g/mol. The molecule has 3 heteroatoms. The van der Waals surface area contributed by atoms with Gasteiger partial charge in [-0.1, -0.05) is 35.0 Å². The topological polar surface area (TPSA) is 38.1 Å². The van der Waals surface area contributed by atoms with Crippen LogP contribution in [0.2, 0.25) is 0 Å². The van der Waals surface area contributed by atoms with Crippen molar-refractivity contribution in [2.45, 2.75) is 39.3 Å². The van der Waals surface area contributed by atoms with Crippen molar-refractivity contribution in [3.05, 3.63) is 52.9 Å². The van der Waals surface area contributed by atoms with Crippen molar-refractivity contribution >= 4 is 0 Å². The molecular formula is C16H20N2O. The van der Waals surface area contributed by atoms with Gasteiger partial charge < -0.3 is 9.84 Å².